The van der Waals surface area contributed by atoms with Gasteiger partial charge in [0, 0.05) is 4.90 Å². The van der Waals surface area contributed by atoms with E-state index in [0.29, 0.717) is 0 Å². The van der Waals surface area contributed by atoms with Crippen molar-refractivity contribution in [2.45, 2.75) is 11.0 Å². The smallest absolute Gasteiger partial charge is 0.0908 e. The first-order valence-corrected chi connectivity index (χ1v) is 6.75. The highest BCUT2D eigenvalue weighted by atomic mass is 32.2. The van der Waals surface area contributed by atoms with E-state index < -0.39 is 16.9 Å². The Hall–Kier alpha value is -1.45. The molecule has 0 radical (unpaired) electrons. The molecular formula is C14H14O2S. The Morgan fingerprint density at radius 2 is 1.47 bits per heavy atom. The van der Waals surface area contributed by atoms with Gasteiger partial charge in [0.15, 0.2) is 0 Å². The van der Waals surface area contributed by atoms with Gasteiger partial charge in [-0.3, -0.25) is 4.21 Å². The van der Waals surface area contributed by atoms with Gasteiger partial charge in [-0.1, -0.05) is 48.5 Å². The third-order valence-corrected chi connectivity index (χ3v) is 3.92. The van der Waals surface area contributed by atoms with Gasteiger partial charge in [-0.25, -0.2) is 0 Å². The highest BCUT2D eigenvalue weighted by Gasteiger charge is 2.12. The third kappa shape index (κ3) is 3.25. The van der Waals surface area contributed by atoms with Crippen molar-refractivity contribution < 1.29 is 9.32 Å². The normalized spacial score (nSPS) is 14.2. The lowest BCUT2D eigenvalue weighted by Gasteiger charge is -2.10. The highest BCUT2D eigenvalue weighted by Crippen LogP contribution is 2.16. The molecule has 1 unspecified atom stereocenters. The minimum Gasteiger partial charge on any atom is -0.387 e. The largest absolute Gasteiger partial charge is 0.387 e. The fourth-order valence-corrected chi connectivity index (χ4v) is 2.72. The minimum atomic E-state index is -1.16. The predicted molar refractivity (Wildman–Crippen MR) is 69.1 cm³/mol. The predicted octanol–water partition coefficient (Wildman–Crippen LogP) is 2.53. The summed E-state index contributed by atoms with van der Waals surface area (Å²) in [6.45, 7) is 0. The molecule has 2 atom stereocenters. The Labute approximate surface area is 103 Å². The zero-order valence-corrected chi connectivity index (χ0v) is 10.1. The zero-order valence-electron chi connectivity index (χ0n) is 9.32. The van der Waals surface area contributed by atoms with Crippen LogP contribution in [0.2, 0.25) is 0 Å². The van der Waals surface area contributed by atoms with E-state index in [1.807, 2.05) is 60.7 Å². The monoisotopic (exact) mass is 246 g/mol. The van der Waals surface area contributed by atoms with E-state index in [1.165, 1.54) is 0 Å². The van der Waals surface area contributed by atoms with Crippen LogP contribution in [0.3, 0.4) is 0 Å². The van der Waals surface area contributed by atoms with E-state index in [2.05, 4.69) is 0 Å². The van der Waals surface area contributed by atoms with Crippen molar-refractivity contribution in [1.29, 1.82) is 0 Å². The summed E-state index contributed by atoms with van der Waals surface area (Å²) >= 11 is 0. The lowest BCUT2D eigenvalue weighted by molar-refractivity contribution is 0.203. The molecule has 17 heavy (non-hydrogen) atoms. The van der Waals surface area contributed by atoms with Gasteiger partial charge in [-0.2, -0.15) is 0 Å². The molecule has 0 spiro atoms. The van der Waals surface area contributed by atoms with Gasteiger partial charge in [-0.15, -0.1) is 0 Å². The number of aliphatic hydroxyl groups excluding tert-OH is 1. The summed E-state index contributed by atoms with van der Waals surface area (Å²) in [6.07, 6.45) is -0.683. The fourth-order valence-electron chi connectivity index (χ4n) is 1.58. The van der Waals surface area contributed by atoms with Crippen LogP contribution in [-0.4, -0.2) is 15.1 Å². The Morgan fingerprint density at radius 1 is 0.941 bits per heavy atom. The molecule has 0 fully saturated rings. The second-order valence-electron chi connectivity index (χ2n) is 3.75. The molecule has 0 saturated heterocycles. The van der Waals surface area contributed by atoms with Crippen LogP contribution < -0.4 is 0 Å². The van der Waals surface area contributed by atoms with Crippen molar-refractivity contribution in [3.63, 3.8) is 0 Å². The zero-order chi connectivity index (χ0) is 12.1. The lowest BCUT2D eigenvalue weighted by atomic mass is 10.1. The first-order chi connectivity index (χ1) is 8.27. The number of aliphatic hydroxyl groups is 1. The molecule has 88 valence electrons. The van der Waals surface area contributed by atoms with Gasteiger partial charge in [0.05, 0.1) is 22.7 Å². The van der Waals surface area contributed by atoms with Gasteiger partial charge in [0.2, 0.25) is 0 Å². The molecular weight excluding hydrogens is 232 g/mol. The second-order valence-corrected chi connectivity index (χ2v) is 5.25. The van der Waals surface area contributed by atoms with E-state index in [0.717, 1.165) is 10.5 Å². The Kier molecular flexibility index (Phi) is 4.07. The average molecular weight is 246 g/mol. The van der Waals surface area contributed by atoms with Crippen LogP contribution >= 0.6 is 0 Å². The van der Waals surface area contributed by atoms with Gasteiger partial charge in [0.1, 0.15) is 0 Å². The maximum absolute atomic E-state index is 12.0. The van der Waals surface area contributed by atoms with Crippen molar-refractivity contribution in [2.75, 3.05) is 5.75 Å². The van der Waals surface area contributed by atoms with Gasteiger partial charge in [0.25, 0.3) is 0 Å². The molecule has 0 saturated carbocycles. The lowest BCUT2D eigenvalue weighted by Crippen LogP contribution is -2.09. The van der Waals surface area contributed by atoms with E-state index in [1.54, 1.807) is 0 Å². The average Bonchev–Trinajstić information content (AvgIpc) is 2.40. The number of benzene rings is 2. The molecule has 3 heteroatoms. The summed E-state index contributed by atoms with van der Waals surface area (Å²) in [4.78, 5) is 0.752. The third-order valence-electron chi connectivity index (χ3n) is 2.50. The van der Waals surface area contributed by atoms with Crippen molar-refractivity contribution in [2.24, 2.45) is 0 Å². The molecule has 2 aromatic carbocycles. The number of rotatable bonds is 4. The Bertz CT molecular complexity index is 482. The summed E-state index contributed by atoms with van der Waals surface area (Å²) < 4.78 is 12.0. The molecule has 1 N–H and O–H groups in total. The molecule has 2 aromatic rings. The van der Waals surface area contributed by atoms with Gasteiger partial charge in [-0.05, 0) is 17.7 Å². The summed E-state index contributed by atoms with van der Waals surface area (Å²) in [6, 6.07) is 18.5. The van der Waals surface area contributed by atoms with Gasteiger partial charge >= 0.3 is 0 Å². The maximum atomic E-state index is 12.0. The van der Waals surface area contributed by atoms with Crippen LogP contribution in [0.1, 0.15) is 11.7 Å². The summed E-state index contributed by atoms with van der Waals surface area (Å²) in [5, 5.41) is 9.96. The quantitative estimate of drug-likeness (QED) is 0.900. The Balaban J connectivity index is 2.05. The number of hydrogen-bond donors (Lipinski definition) is 1. The second kappa shape index (κ2) is 5.75. The van der Waals surface area contributed by atoms with E-state index >= 15 is 0 Å². The van der Waals surface area contributed by atoms with Crippen molar-refractivity contribution in [3.05, 3.63) is 66.2 Å². The molecule has 0 heterocycles. The molecule has 0 amide bonds. The van der Waals surface area contributed by atoms with Crippen molar-refractivity contribution >= 4 is 10.8 Å². The van der Waals surface area contributed by atoms with E-state index in [-0.39, 0.29) is 5.75 Å². The molecule has 0 bridgehead atoms. The summed E-state index contributed by atoms with van der Waals surface area (Å²) in [5.41, 5.74) is 0.803. The summed E-state index contributed by atoms with van der Waals surface area (Å²) in [5.74, 6) is 0.230. The Morgan fingerprint density at radius 3 is 2.06 bits per heavy atom. The van der Waals surface area contributed by atoms with Crippen LogP contribution in [0.4, 0.5) is 0 Å². The molecule has 2 rings (SSSR count). The fraction of sp³-hybridized carbons (Fsp3) is 0.143. The van der Waals surface area contributed by atoms with E-state index in [4.69, 9.17) is 0 Å². The molecule has 0 aliphatic carbocycles. The topological polar surface area (TPSA) is 37.3 Å². The summed E-state index contributed by atoms with van der Waals surface area (Å²) in [7, 11) is -1.16. The van der Waals surface area contributed by atoms with Gasteiger partial charge < -0.3 is 5.11 Å². The van der Waals surface area contributed by atoms with Crippen molar-refractivity contribution in [3.8, 4) is 0 Å². The van der Waals surface area contributed by atoms with Crippen LogP contribution in [-0.2, 0) is 10.8 Å². The molecule has 0 aliphatic rings. The SMILES string of the molecule is O=S(C[C@H](O)c1ccccc1)c1ccccc1. The number of hydrogen-bond acceptors (Lipinski definition) is 2. The van der Waals surface area contributed by atoms with Crippen LogP contribution in [0, 0.1) is 0 Å². The van der Waals surface area contributed by atoms with Crippen LogP contribution in [0.5, 0.6) is 0 Å². The van der Waals surface area contributed by atoms with Crippen LogP contribution in [0.15, 0.2) is 65.6 Å². The maximum Gasteiger partial charge on any atom is 0.0908 e. The van der Waals surface area contributed by atoms with Crippen molar-refractivity contribution in [1.82, 2.24) is 0 Å². The first-order valence-electron chi connectivity index (χ1n) is 5.44. The highest BCUT2D eigenvalue weighted by molar-refractivity contribution is 7.85. The standard InChI is InChI=1S/C14H14O2S/c15-14(12-7-3-1-4-8-12)11-17(16)13-9-5-2-6-10-13/h1-10,14-15H,11H2/t14-,17?/m0/s1. The van der Waals surface area contributed by atoms with Crippen LogP contribution in [0.25, 0.3) is 0 Å². The van der Waals surface area contributed by atoms with E-state index in [9.17, 15) is 9.32 Å². The molecule has 2 nitrogen and oxygen atoms in total. The first kappa shape index (κ1) is 12.0. The molecule has 0 aliphatic heterocycles. The molecule has 0 aromatic heterocycles. The minimum absolute atomic E-state index is 0.230.